The van der Waals surface area contributed by atoms with Gasteiger partial charge in [-0.2, -0.15) is 0 Å². The minimum atomic E-state index is -3.92. The summed E-state index contributed by atoms with van der Waals surface area (Å²) in [7, 11) is -3.92. The molecule has 0 saturated carbocycles. The number of halogens is 1. The standard InChI is InChI=1S/C19H20ClN3O5S/c1-11(2)19(25)22-13-5-3-12(4-6-13)9-21-29(26,27)17-8-16-15(7-14(17)20)23-18(24)10-28-16/h3-8,11,21H,9-10H2,1-2H3,(H,22,25)(H,23,24). The van der Waals surface area contributed by atoms with Crippen LogP contribution in [0.2, 0.25) is 5.02 Å². The number of benzene rings is 2. The fourth-order valence-corrected chi connectivity index (χ4v) is 4.09. The van der Waals surface area contributed by atoms with Gasteiger partial charge in [0, 0.05) is 24.2 Å². The van der Waals surface area contributed by atoms with Gasteiger partial charge in [-0.25, -0.2) is 13.1 Å². The molecule has 29 heavy (non-hydrogen) atoms. The Morgan fingerprint density at radius 1 is 1.24 bits per heavy atom. The zero-order valence-corrected chi connectivity index (χ0v) is 17.4. The van der Waals surface area contributed by atoms with Crippen LogP contribution in [0.5, 0.6) is 5.75 Å². The highest BCUT2D eigenvalue weighted by Crippen LogP contribution is 2.35. The van der Waals surface area contributed by atoms with E-state index in [1.54, 1.807) is 38.1 Å². The first-order valence-corrected chi connectivity index (χ1v) is 10.7. The predicted octanol–water partition coefficient (Wildman–Crippen LogP) is 2.74. The Balaban J connectivity index is 1.70. The molecule has 0 aromatic heterocycles. The van der Waals surface area contributed by atoms with Crippen molar-refractivity contribution in [1.29, 1.82) is 0 Å². The summed E-state index contributed by atoms with van der Waals surface area (Å²) in [5.41, 5.74) is 1.66. The lowest BCUT2D eigenvalue weighted by Crippen LogP contribution is -2.27. The van der Waals surface area contributed by atoms with Gasteiger partial charge in [-0.05, 0) is 23.8 Å². The number of hydrogen-bond acceptors (Lipinski definition) is 5. The lowest BCUT2D eigenvalue weighted by molar-refractivity contribution is -0.119. The number of fused-ring (bicyclic) bond motifs is 1. The minimum Gasteiger partial charge on any atom is -0.482 e. The van der Waals surface area contributed by atoms with Crippen LogP contribution in [0.1, 0.15) is 19.4 Å². The van der Waals surface area contributed by atoms with Crippen molar-refractivity contribution in [1.82, 2.24) is 4.72 Å². The molecule has 0 saturated heterocycles. The topological polar surface area (TPSA) is 114 Å². The quantitative estimate of drug-likeness (QED) is 0.643. The summed E-state index contributed by atoms with van der Waals surface area (Å²) < 4.78 is 33.1. The number of ether oxygens (including phenoxy) is 1. The molecule has 2 aromatic rings. The van der Waals surface area contributed by atoms with Crippen molar-refractivity contribution in [2.75, 3.05) is 17.2 Å². The maximum absolute atomic E-state index is 12.7. The number of anilines is 2. The third kappa shape index (κ3) is 5.06. The van der Waals surface area contributed by atoms with E-state index in [0.717, 1.165) is 0 Å². The molecular formula is C19H20ClN3O5S. The van der Waals surface area contributed by atoms with Gasteiger partial charge in [-0.15, -0.1) is 0 Å². The lowest BCUT2D eigenvalue weighted by atomic mass is 10.2. The average Bonchev–Trinajstić information content (AvgIpc) is 2.66. The van der Waals surface area contributed by atoms with Crippen LogP contribution in [0.4, 0.5) is 11.4 Å². The van der Waals surface area contributed by atoms with E-state index < -0.39 is 10.0 Å². The van der Waals surface area contributed by atoms with E-state index in [-0.39, 0.29) is 46.6 Å². The number of hydrogen-bond donors (Lipinski definition) is 3. The molecule has 2 amide bonds. The summed E-state index contributed by atoms with van der Waals surface area (Å²) in [6.45, 7) is 3.43. The third-order valence-electron chi connectivity index (χ3n) is 4.17. The zero-order valence-electron chi connectivity index (χ0n) is 15.8. The Morgan fingerprint density at radius 2 is 1.93 bits per heavy atom. The van der Waals surface area contributed by atoms with E-state index >= 15 is 0 Å². The highest BCUT2D eigenvalue weighted by atomic mass is 35.5. The van der Waals surface area contributed by atoms with Gasteiger partial charge >= 0.3 is 0 Å². The summed E-state index contributed by atoms with van der Waals surface area (Å²) in [4.78, 5) is 22.9. The first-order valence-electron chi connectivity index (χ1n) is 8.81. The van der Waals surface area contributed by atoms with Crippen LogP contribution < -0.4 is 20.1 Å². The van der Waals surface area contributed by atoms with Gasteiger partial charge in [-0.1, -0.05) is 37.6 Å². The van der Waals surface area contributed by atoms with Crippen LogP contribution in [0, 0.1) is 5.92 Å². The summed E-state index contributed by atoms with van der Waals surface area (Å²) in [5.74, 6) is -0.339. The molecule has 10 heteroatoms. The van der Waals surface area contributed by atoms with Gasteiger partial charge in [0.2, 0.25) is 15.9 Å². The van der Waals surface area contributed by atoms with Crippen LogP contribution in [0.15, 0.2) is 41.3 Å². The summed E-state index contributed by atoms with van der Waals surface area (Å²) >= 11 is 6.10. The molecule has 3 N–H and O–H groups in total. The van der Waals surface area contributed by atoms with E-state index in [2.05, 4.69) is 15.4 Å². The van der Waals surface area contributed by atoms with Crippen molar-refractivity contribution >= 4 is 44.8 Å². The molecule has 0 spiro atoms. The molecule has 0 aliphatic carbocycles. The van der Waals surface area contributed by atoms with Crippen LogP contribution in [-0.4, -0.2) is 26.8 Å². The second-order valence-electron chi connectivity index (χ2n) is 6.78. The molecule has 3 rings (SSSR count). The summed E-state index contributed by atoms with van der Waals surface area (Å²) in [5, 5.41) is 5.30. The van der Waals surface area contributed by atoms with Gasteiger partial charge in [0.05, 0.1) is 10.7 Å². The lowest BCUT2D eigenvalue weighted by Gasteiger charge is -2.19. The van der Waals surface area contributed by atoms with E-state index in [0.29, 0.717) is 16.9 Å². The van der Waals surface area contributed by atoms with E-state index in [1.807, 2.05) is 0 Å². The SMILES string of the molecule is CC(C)C(=O)Nc1ccc(CNS(=O)(=O)c2cc3c(cc2Cl)NC(=O)CO3)cc1. The van der Waals surface area contributed by atoms with Gasteiger partial charge in [-0.3, -0.25) is 9.59 Å². The molecule has 0 bridgehead atoms. The number of carbonyl (C=O) groups is 2. The maximum atomic E-state index is 12.7. The Morgan fingerprint density at radius 3 is 2.59 bits per heavy atom. The van der Waals surface area contributed by atoms with Crippen molar-refractivity contribution < 1.29 is 22.7 Å². The molecule has 0 atom stereocenters. The van der Waals surface area contributed by atoms with Gasteiger partial charge in [0.25, 0.3) is 5.91 Å². The minimum absolute atomic E-state index is 0.0335. The highest BCUT2D eigenvalue weighted by Gasteiger charge is 2.24. The molecule has 8 nitrogen and oxygen atoms in total. The first kappa shape index (κ1) is 21.1. The van der Waals surface area contributed by atoms with E-state index in [4.69, 9.17) is 16.3 Å². The van der Waals surface area contributed by atoms with E-state index in [9.17, 15) is 18.0 Å². The van der Waals surface area contributed by atoms with Crippen molar-refractivity contribution in [3.63, 3.8) is 0 Å². The number of carbonyl (C=O) groups excluding carboxylic acids is 2. The molecule has 0 unspecified atom stereocenters. The molecular weight excluding hydrogens is 418 g/mol. The molecule has 2 aromatic carbocycles. The molecule has 1 aliphatic heterocycles. The van der Waals surface area contributed by atoms with Gasteiger partial charge in [0.15, 0.2) is 6.61 Å². The Kier molecular flexibility index (Phi) is 6.11. The maximum Gasteiger partial charge on any atom is 0.262 e. The summed E-state index contributed by atoms with van der Waals surface area (Å²) in [6.07, 6.45) is 0. The second kappa shape index (κ2) is 8.40. The molecule has 154 valence electrons. The Hall–Kier alpha value is -2.62. The number of amides is 2. The fourth-order valence-electron chi connectivity index (χ4n) is 2.54. The van der Waals surface area contributed by atoms with E-state index in [1.165, 1.54) is 12.1 Å². The fraction of sp³-hybridized carbons (Fsp3) is 0.263. The Labute approximate surface area is 173 Å². The van der Waals surface area contributed by atoms with Crippen LogP contribution in [0.25, 0.3) is 0 Å². The average molecular weight is 438 g/mol. The molecule has 1 aliphatic rings. The van der Waals surface area contributed by atoms with Crippen LogP contribution in [0.3, 0.4) is 0 Å². The predicted molar refractivity (Wildman–Crippen MR) is 110 cm³/mol. The summed E-state index contributed by atoms with van der Waals surface area (Å²) in [6, 6.07) is 9.45. The normalized spacial score (nSPS) is 13.4. The smallest absolute Gasteiger partial charge is 0.262 e. The Bertz CT molecular complexity index is 1050. The monoisotopic (exact) mass is 437 g/mol. The van der Waals surface area contributed by atoms with Crippen molar-refractivity contribution in [2.24, 2.45) is 5.92 Å². The number of sulfonamides is 1. The third-order valence-corrected chi connectivity index (χ3v) is 6.03. The van der Waals surface area contributed by atoms with Crippen molar-refractivity contribution in [2.45, 2.75) is 25.3 Å². The molecule has 1 heterocycles. The number of nitrogens with one attached hydrogen (secondary N) is 3. The number of rotatable bonds is 6. The zero-order chi connectivity index (χ0) is 21.2. The van der Waals surface area contributed by atoms with Crippen molar-refractivity contribution in [3.05, 3.63) is 47.0 Å². The molecule has 0 radical (unpaired) electrons. The van der Waals surface area contributed by atoms with Crippen LogP contribution in [-0.2, 0) is 26.2 Å². The highest BCUT2D eigenvalue weighted by molar-refractivity contribution is 7.89. The van der Waals surface area contributed by atoms with Crippen molar-refractivity contribution in [3.8, 4) is 5.75 Å². The van der Waals surface area contributed by atoms with Gasteiger partial charge in [0.1, 0.15) is 10.6 Å². The second-order valence-corrected chi connectivity index (χ2v) is 8.92. The molecule has 0 fully saturated rings. The first-order chi connectivity index (χ1) is 13.7. The van der Waals surface area contributed by atoms with Crippen LogP contribution >= 0.6 is 11.6 Å². The largest absolute Gasteiger partial charge is 0.482 e. The van der Waals surface area contributed by atoms with Gasteiger partial charge < -0.3 is 15.4 Å².